The number of piperidine rings is 2. The predicted octanol–water partition coefficient (Wildman–Crippen LogP) is 1.86. The summed E-state index contributed by atoms with van der Waals surface area (Å²) in [6.45, 7) is 2.92. The first-order chi connectivity index (χ1) is 12.8. The molecule has 0 aliphatic carbocycles. The smallest absolute Gasteiger partial charge is 0.326 e. The topological polar surface area (TPSA) is 95.0 Å². The van der Waals surface area contributed by atoms with E-state index in [1.807, 2.05) is 6.92 Å². The van der Waals surface area contributed by atoms with E-state index in [0.29, 0.717) is 25.8 Å². The third kappa shape index (κ3) is 4.16. The van der Waals surface area contributed by atoms with E-state index < -0.39 is 22.0 Å². The van der Waals surface area contributed by atoms with E-state index in [-0.39, 0.29) is 29.8 Å². The summed E-state index contributed by atoms with van der Waals surface area (Å²) in [5.41, 5.74) is 0.993. The monoisotopic (exact) mass is 394 g/mol. The Kier molecular flexibility index (Phi) is 5.86. The summed E-state index contributed by atoms with van der Waals surface area (Å²) in [6, 6.07) is 6.00. The first-order valence-corrected chi connectivity index (χ1v) is 10.8. The van der Waals surface area contributed by atoms with Gasteiger partial charge in [-0.05, 0) is 51.2 Å². The van der Waals surface area contributed by atoms with Crippen molar-refractivity contribution in [3.63, 3.8) is 0 Å². The molecule has 7 nitrogen and oxygen atoms in total. The number of aryl methyl sites for hydroxylation is 1. The van der Waals surface area contributed by atoms with Crippen LogP contribution < -0.4 is 0 Å². The van der Waals surface area contributed by atoms with Crippen LogP contribution in [0.15, 0.2) is 29.2 Å². The van der Waals surface area contributed by atoms with Crippen LogP contribution in [0.2, 0.25) is 0 Å². The lowest BCUT2D eigenvalue weighted by atomic mass is 9.93. The average molecular weight is 394 g/mol. The van der Waals surface area contributed by atoms with Crippen molar-refractivity contribution in [1.29, 1.82) is 0 Å². The quantitative estimate of drug-likeness (QED) is 0.841. The van der Waals surface area contributed by atoms with Crippen molar-refractivity contribution >= 4 is 21.9 Å². The number of amides is 1. The molecular formula is C19H26N2O5S. The van der Waals surface area contributed by atoms with Crippen LogP contribution in [0.3, 0.4) is 0 Å². The molecule has 2 heterocycles. The van der Waals surface area contributed by atoms with Gasteiger partial charge in [-0.15, -0.1) is 0 Å². The van der Waals surface area contributed by atoms with Crippen LogP contribution >= 0.6 is 0 Å². The number of carboxylic acids is 1. The number of sulfonamides is 1. The second kappa shape index (κ2) is 7.98. The molecule has 1 atom stereocenters. The summed E-state index contributed by atoms with van der Waals surface area (Å²) < 4.78 is 27.0. The second-order valence-corrected chi connectivity index (χ2v) is 9.31. The van der Waals surface area contributed by atoms with E-state index >= 15 is 0 Å². The molecule has 1 N–H and O–H groups in total. The van der Waals surface area contributed by atoms with E-state index in [2.05, 4.69) is 0 Å². The van der Waals surface area contributed by atoms with Crippen LogP contribution in [-0.2, 0) is 19.6 Å². The minimum atomic E-state index is -3.56. The third-order valence-corrected chi connectivity index (χ3v) is 7.45. The zero-order valence-electron chi connectivity index (χ0n) is 15.5. The molecule has 1 aromatic carbocycles. The minimum Gasteiger partial charge on any atom is -0.480 e. The highest BCUT2D eigenvalue weighted by atomic mass is 32.2. The van der Waals surface area contributed by atoms with E-state index in [0.717, 1.165) is 18.4 Å². The Morgan fingerprint density at radius 2 is 1.63 bits per heavy atom. The molecule has 2 aliphatic rings. The molecule has 0 bridgehead atoms. The second-order valence-electron chi connectivity index (χ2n) is 7.37. The fraction of sp³-hybridized carbons (Fsp3) is 0.579. The van der Waals surface area contributed by atoms with Crippen molar-refractivity contribution in [2.75, 3.05) is 19.6 Å². The third-order valence-electron chi connectivity index (χ3n) is 5.53. The Morgan fingerprint density at radius 1 is 1.00 bits per heavy atom. The van der Waals surface area contributed by atoms with Gasteiger partial charge in [0.15, 0.2) is 0 Å². The zero-order valence-corrected chi connectivity index (χ0v) is 16.3. The molecule has 27 heavy (non-hydrogen) atoms. The standard InChI is InChI=1S/C19H26N2O5S/c1-14-5-7-16(8-6-14)27(25,26)20-12-9-15(10-13-20)18(22)21-11-3-2-4-17(21)19(23)24/h5-8,15,17H,2-4,9-13H2,1H3,(H,23,24). The first-order valence-electron chi connectivity index (χ1n) is 9.41. The van der Waals surface area contributed by atoms with Gasteiger partial charge in [0.2, 0.25) is 15.9 Å². The number of likely N-dealkylation sites (tertiary alicyclic amines) is 1. The van der Waals surface area contributed by atoms with Gasteiger partial charge in [0, 0.05) is 25.6 Å². The van der Waals surface area contributed by atoms with Crippen LogP contribution in [0.1, 0.15) is 37.7 Å². The number of nitrogens with zero attached hydrogens (tertiary/aromatic N) is 2. The molecule has 1 unspecified atom stereocenters. The fourth-order valence-corrected chi connectivity index (χ4v) is 5.36. The SMILES string of the molecule is Cc1ccc(S(=O)(=O)N2CCC(C(=O)N3CCCCC3C(=O)O)CC2)cc1. The van der Waals surface area contributed by atoms with Crippen LogP contribution in [0, 0.1) is 12.8 Å². The number of hydrogen-bond donors (Lipinski definition) is 1. The summed E-state index contributed by atoms with van der Waals surface area (Å²) in [6.07, 6.45) is 2.96. The molecular weight excluding hydrogens is 368 g/mol. The average Bonchev–Trinajstić information content (AvgIpc) is 2.68. The van der Waals surface area contributed by atoms with Gasteiger partial charge in [0.1, 0.15) is 6.04 Å². The maximum Gasteiger partial charge on any atom is 0.326 e. The number of hydrogen-bond acceptors (Lipinski definition) is 4. The number of carbonyl (C=O) groups excluding carboxylic acids is 1. The highest BCUT2D eigenvalue weighted by Crippen LogP contribution is 2.28. The number of carbonyl (C=O) groups is 2. The molecule has 0 spiro atoms. The molecule has 2 aliphatic heterocycles. The van der Waals surface area contributed by atoms with Gasteiger partial charge in [-0.25, -0.2) is 13.2 Å². The maximum absolute atomic E-state index is 12.8. The van der Waals surface area contributed by atoms with E-state index in [4.69, 9.17) is 0 Å². The lowest BCUT2D eigenvalue weighted by molar-refractivity contribution is -0.154. The van der Waals surface area contributed by atoms with E-state index in [1.165, 1.54) is 9.21 Å². The van der Waals surface area contributed by atoms with E-state index in [1.54, 1.807) is 24.3 Å². The van der Waals surface area contributed by atoms with Crippen molar-refractivity contribution in [2.45, 2.75) is 50.0 Å². The molecule has 0 saturated carbocycles. The van der Waals surface area contributed by atoms with Crippen LogP contribution in [0.4, 0.5) is 0 Å². The molecule has 0 aromatic heterocycles. The van der Waals surface area contributed by atoms with Gasteiger partial charge in [-0.2, -0.15) is 4.31 Å². The summed E-state index contributed by atoms with van der Waals surface area (Å²) in [4.78, 5) is 26.0. The summed E-state index contributed by atoms with van der Waals surface area (Å²) in [5, 5.41) is 9.37. The van der Waals surface area contributed by atoms with Crippen LogP contribution in [0.25, 0.3) is 0 Å². The van der Waals surface area contributed by atoms with Crippen molar-refractivity contribution in [2.24, 2.45) is 5.92 Å². The summed E-state index contributed by atoms with van der Waals surface area (Å²) in [7, 11) is -3.56. The Balaban J connectivity index is 1.65. The molecule has 2 saturated heterocycles. The number of carboxylic acid groups (broad SMARTS) is 1. The fourth-order valence-electron chi connectivity index (χ4n) is 3.89. The van der Waals surface area contributed by atoms with Gasteiger partial charge in [0.25, 0.3) is 0 Å². The van der Waals surface area contributed by atoms with Gasteiger partial charge in [-0.1, -0.05) is 17.7 Å². The van der Waals surface area contributed by atoms with Crippen molar-refractivity contribution in [1.82, 2.24) is 9.21 Å². The molecule has 1 aromatic rings. The van der Waals surface area contributed by atoms with Gasteiger partial charge in [0.05, 0.1) is 4.90 Å². The Bertz CT molecular complexity index is 798. The van der Waals surface area contributed by atoms with Crippen molar-refractivity contribution in [3.05, 3.63) is 29.8 Å². The maximum atomic E-state index is 12.8. The highest BCUT2D eigenvalue weighted by molar-refractivity contribution is 7.89. The molecule has 1 amide bonds. The van der Waals surface area contributed by atoms with Crippen LogP contribution in [-0.4, -0.2) is 60.3 Å². The summed E-state index contributed by atoms with van der Waals surface area (Å²) >= 11 is 0. The zero-order chi connectivity index (χ0) is 19.6. The molecule has 2 fully saturated rings. The summed E-state index contributed by atoms with van der Waals surface area (Å²) in [5.74, 6) is -1.41. The van der Waals surface area contributed by atoms with Gasteiger partial charge in [-0.3, -0.25) is 4.79 Å². The lowest BCUT2D eigenvalue weighted by Crippen LogP contribution is -2.52. The largest absolute Gasteiger partial charge is 0.480 e. The van der Waals surface area contributed by atoms with Crippen LogP contribution in [0.5, 0.6) is 0 Å². The Morgan fingerprint density at radius 3 is 2.22 bits per heavy atom. The van der Waals surface area contributed by atoms with E-state index in [9.17, 15) is 23.1 Å². The Labute approximate surface area is 160 Å². The molecule has 148 valence electrons. The van der Waals surface area contributed by atoms with Gasteiger partial charge < -0.3 is 10.0 Å². The number of rotatable bonds is 4. The number of aliphatic carboxylic acids is 1. The van der Waals surface area contributed by atoms with Gasteiger partial charge >= 0.3 is 5.97 Å². The first kappa shape index (κ1) is 19.8. The molecule has 8 heteroatoms. The Hall–Kier alpha value is -1.93. The lowest BCUT2D eigenvalue weighted by Gasteiger charge is -2.38. The predicted molar refractivity (Wildman–Crippen MR) is 99.6 cm³/mol. The minimum absolute atomic E-state index is 0.144. The molecule has 0 radical (unpaired) electrons. The number of benzene rings is 1. The van der Waals surface area contributed by atoms with Crippen molar-refractivity contribution in [3.8, 4) is 0 Å². The molecule has 3 rings (SSSR count). The highest BCUT2D eigenvalue weighted by Gasteiger charge is 2.38. The van der Waals surface area contributed by atoms with Crippen molar-refractivity contribution < 1.29 is 23.1 Å². The normalized spacial score (nSPS) is 22.6.